The average Bonchev–Trinajstić information content (AvgIpc) is 2.79. The summed E-state index contributed by atoms with van der Waals surface area (Å²) in [6.07, 6.45) is 0.810. The molecule has 0 amide bonds. The van der Waals surface area contributed by atoms with Crippen molar-refractivity contribution in [2.75, 3.05) is 6.61 Å². The molecule has 1 aromatic heterocycles. The Bertz CT molecular complexity index is 579. The summed E-state index contributed by atoms with van der Waals surface area (Å²) in [4.78, 5) is 4.71. The number of benzene rings is 1. The van der Waals surface area contributed by atoms with Gasteiger partial charge in [-0.1, -0.05) is 26.0 Å². The number of imidazole rings is 1. The zero-order valence-corrected chi connectivity index (χ0v) is 13.3. The molecule has 0 bridgehead atoms. The minimum Gasteiger partial charge on any atom is -0.377 e. The summed E-state index contributed by atoms with van der Waals surface area (Å²) in [5.41, 5.74) is 5.07. The van der Waals surface area contributed by atoms with Gasteiger partial charge < -0.3 is 9.30 Å². The molecule has 0 aliphatic carbocycles. The first kappa shape index (κ1) is 15.9. The number of aromatic nitrogens is 2. The molecule has 5 heteroatoms. The maximum atomic E-state index is 5.86. The highest BCUT2D eigenvalue weighted by Gasteiger charge is 2.26. The highest BCUT2D eigenvalue weighted by Crippen LogP contribution is 2.18. The highest BCUT2D eigenvalue weighted by molar-refractivity contribution is 5.75. The van der Waals surface area contributed by atoms with Gasteiger partial charge in [-0.3, -0.25) is 11.3 Å². The first-order chi connectivity index (χ1) is 10.1. The fraction of sp³-hybridized carbons (Fsp3) is 0.562. The lowest BCUT2D eigenvalue weighted by atomic mass is 9.97. The number of para-hydroxylation sites is 2. The van der Waals surface area contributed by atoms with Crippen LogP contribution in [-0.2, 0) is 18.2 Å². The smallest absolute Gasteiger partial charge is 0.111 e. The van der Waals surface area contributed by atoms with Crippen LogP contribution >= 0.6 is 0 Å². The number of ether oxygens (including phenoxy) is 1. The normalized spacial score (nSPS) is 14.8. The Balaban J connectivity index is 2.25. The topological polar surface area (TPSA) is 65.1 Å². The van der Waals surface area contributed by atoms with Crippen LogP contribution in [0.2, 0.25) is 0 Å². The molecule has 2 aromatic rings. The number of fused-ring (bicyclic) bond motifs is 1. The number of hydrazine groups is 1. The van der Waals surface area contributed by atoms with E-state index in [1.807, 2.05) is 32.2 Å². The summed E-state index contributed by atoms with van der Waals surface area (Å²) in [7, 11) is 2.04. The van der Waals surface area contributed by atoms with Gasteiger partial charge in [0.2, 0.25) is 0 Å². The van der Waals surface area contributed by atoms with E-state index in [9.17, 15) is 0 Å². The van der Waals surface area contributed by atoms with E-state index >= 15 is 0 Å². The summed E-state index contributed by atoms with van der Waals surface area (Å²) in [5, 5.41) is 0. The van der Waals surface area contributed by atoms with E-state index < -0.39 is 0 Å². The number of nitrogens with zero attached hydrogens (tertiary/aromatic N) is 2. The lowest BCUT2D eigenvalue weighted by molar-refractivity contribution is 0.00300. The molecule has 1 aromatic carbocycles. The zero-order valence-electron chi connectivity index (χ0n) is 13.3. The van der Waals surface area contributed by atoms with Gasteiger partial charge >= 0.3 is 0 Å². The van der Waals surface area contributed by atoms with E-state index in [2.05, 4.69) is 29.9 Å². The van der Waals surface area contributed by atoms with Gasteiger partial charge in [0.25, 0.3) is 0 Å². The van der Waals surface area contributed by atoms with Crippen molar-refractivity contribution in [3.05, 3.63) is 30.1 Å². The quantitative estimate of drug-likeness (QED) is 0.605. The van der Waals surface area contributed by atoms with Gasteiger partial charge in [0.05, 0.1) is 23.2 Å². The van der Waals surface area contributed by atoms with Crippen molar-refractivity contribution in [2.45, 2.75) is 39.3 Å². The minimum atomic E-state index is 0.0421. The van der Waals surface area contributed by atoms with Gasteiger partial charge in [-0.15, -0.1) is 0 Å². The molecule has 2 rings (SSSR count). The molecular formula is C16H26N4O. The summed E-state index contributed by atoms with van der Waals surface area (Å²) in [6.45, 7) is 7.00. The second kappa shape index (κ2) is 7.02. The number of rotatable bonds is 7. The van der Waals surface area contributed by atoms with Crippen molar-refractivity contribution in [3.63, 3.8) is 0 Å². The van der Waals surface area contributed by atoms with Crippen LogP contribution in [0.4, 0.5) is 0 Å². The molecule has 2 atom stereocenters. The maximum Gasteiger partial charge on any atom is 0.111 e. The van der Waals surface area contributed by atoms with Crippen molar-refractivity contribution in [2.24, 2.45) is 18.8 Å². The predicted molar refractivity (Wildman–Crippen MR) is 85.8 cm³/mol. The minimum absolute atomic E-state index is 0.0421. The van der Waals surface area contributed by atoms with Crippen LogP contribution in [0.3, 0.4) is 0 Å². The van der Waals surface area contributed by atoms with Crippen LogP contribution in [0, 0.1) is 5.92 Å². The lowest BCUT2D eigenvalue weighted by Crippen LogP contribution is -2.49. The van der Waals surface area contributed by atoms with Crippen LogP contribution in [-0.4, -0.2) is 28.3 Å². The fourth-order valence-electron chi connectivity index (χ4n) is 2.81. The molecule has 0 saturated heterocycles. The van der Waals surface area contributed by atoms with E-state index in [0.29, 0.717) is 12.5 Å². The van der Waals surface area contributed by atoms with Gasteiger partial charge in [-0.25, -0.2) is 4.98 Å². The molecule has 5 nitrogen and oxygen atoms in total. The van der Waals surface area contributed by atoms with Crippen molar-refractivity contribution in [1.29, 1.82) is 0 Å². The number of aryl methyl sites for hydroxylation is 1. The van der Waals surface area contributed by atoms with Crippen LogP contribution < -0.4 is 11.3 Å². The standard InChI is InChI=1S/C16H26N4O/c1-5-21-16(11(2)3)13(19-17)10-15-18-12-8-6-7-9-14(12)20(15)4/h6-9,11,13,16,19H,5,10,17H2,1-4H3. The molecule has 0 saturated carbocycles. The molecular weight excluding hydrogens is 264 g/mol. The largest absolute Gasteiger partial charge is 0.377 e. The van der Waals surface area contributed by atoms with E-state index in [-0.39, 0.29) is 12.1 Å². The third-order valence-corrected chi connectivity index (χ3v) is 3.91. The van der Waals surface area contributed by atoms with Crippen molar-refractivity contribution in [3.8, 4) is 0 Å². The Kier molecular flexibility index (Phi) is 5.33. The first-order valence-electron chi connectivity index (χ1n) is 7.56. The van der Waals surface area contributed by atoms with E-state index in [0.717, 1.165) is 23.3 Å². The molecule has 0 aliphatic rings. The summed E-state index contributed by atoms with van der Waals surface area (Å²) in [5.74, 6) is 7.17. The number of nitrogens with two attached hydrogens (primary N) is 1. The Morgan fingerprint density at radius 1 is 1.33 bits per heavy atom. The van der Waals surface area contributed by atoms with Gasteiger partial charge in [0.15, 0.2) is 0 Å². The van der Waals surface area contributed by atoms with Gasteiger partial charge in [-0.2, -0.15) is 0 Å². The molecule has 2 unspecified atom stereocenters. The van der Waals surface area contributed by atoms with Crippen molar-refractivity contribution in [1.82, 2.24) is 15.0 Å². The summed E-state index contributed by atoms with van der Waals surface area (Å²) in [6, 6.07) is 8.20. The monoisotopic (exact) mass is 290 g/mol. The van der Waals surface area contributed by atoms with E-state index in [1.165, 1.54) is 0 Å². The van der Waals surface area contributed by atoms with Gasteiger partial charge in [-0.05, 0) is 25.0 Å². The predicted octanol–water partition coefficient (Wildman–Crippen LogP) is 2.01. The highest BCUT2D eigenvalue weighted by atomic mass is 16.5. The van der Waals surface area contributed by atoms with E-state index in [4.69, 9.17) is 15.6 Å². The molecule has 0 spiro atoms. The number of hydrogen-bond acceptors (Lipinski definition) is 4. The second-order valence-electron chi connectivity index (χ2n) is 5.72. The average molecular weight is 290 g/mol. The van der Waals surface area contributed by atoms with Crippen molar-refractivity contribution < 1.29 is 4.74 Å². The SMILES string of the molecule is CCOC(C(C)C)C(Cc1nc2ccccc2n1C)NN. The third kappa shape index (κ3) is 3.43. The van der Waals surface area contributed by atoms with Gasteiger partial charge in [0, 0.05) is 20.1 Å². The lowest BCUT2D eigenvalue weighted by Gasteiger charge is -2.29. The Morgan fingerprint density at radius 3 is 2.62 bits per heavy atom. The number of nitrogens with one attached hydrogen (secondary N) is 1. The Morgan fingerprint density at radius 2 is 2.05 bits per heavy atom. The molecule has 0 fully saturated rings. The Labute approximate surface area is 126 Å². The van der Waals surface area contributed by atoms with Crippen molar-refractivity contribution >= 4 is 11.0 Å². The first-order valence-corrected chi connectivity index (χ1v) is 7.56. The summed E-state index contributed by atoms with van der Waals surface area (Å²) < 4.78 is 7.99. The number of hydrogen-bond donors (Lipinski definition) is 2. The molecule has 0 aliphatic heterocycles. The molecule has 0 radical (unpaired) electrons. The van der Waals surface area contributed by atoms with Crippen LogP contribution in [0.25, 0.3) is 11.0 Å². The second-order valence-corrected chi connectivity index (χ2v) is 5.72. The molecule has 3 N–H and O–H groups in total. The third-order valence-electron chi connectivity index (χ3n) is 3.91. The van der Waals surface area contributed by atoms with Crippen LogP contribution in [0.15, 0.2) is 24.3 Å². The van der Waals surface area contributed by atoms with Gasteiger partial charge in [0.1, 0.15) is 5.82 Å². The van der Waals surface area contributed by atoms with Crippen LogP contribution in [0.1, 0.15) is 26.6 Å². The summed E-state index contributed by atoms with van der Waals surface area (Å²) >= 11 is 0. The molecule has 21 heavy (non-hydrogen) atoms. The molecule has 116 valence electrons. The molecule has 1 heterocycles. The zero-order chi connectivity index (χ0) is 15.4. The van der Waals surface area contributed by atoms with Crippen LogP contribution in [0.5, 0.6) is 0 Å². The Hall–Kier alpha value is -1.43. The maximum absolute atomic E-state index is 5.86. The van der Waals surface area contributed by atoms with E-state index in [1.54, 1.807) is 0 Å². The fourth-order valence-corrected chi connectivity index (χ4v) is 2.81.